The van der Waals surface area contributed by atoms with E-state index in [1.165, 1.54) is 35.0 Å². The predicted octanol–water partition coefficient (Wildman–Crippen LogP) is 0.830. The third kappa shape index (κ3) is 3.14. The first-order chi connectivity index (χ1) is 13.3. The van der Waals surface area contributed by atoms with Gasteiger partial charge in [0.05, 0.1) is 17.6 Å². The quantitative estimate of drug-likeness (QED) is 0.580. The van der Waals surface area contributed by atoms with E-state index in [9.17, 15) is 24.9 Å². The van der Waals surface area contributed by atoms with Crippen LogP contribution < -0.4 is 11.2 Å². The molecule has 2 aliphatic rings. The van der Waals surface area contributed by atoms with Crippen LogP contribution in [-0.2, 0) is 9.47 Å². The van der Waals surface area contributed by atoms with Gasteiger partial charge in [0, 0.05) is 30.3 Å². The van der Waals surface area contributed by atoms with Crippen molar-refractivity contribution in [3.8, 4) is 0 Å². The van der Waals surface area contributed by atoms with Crippen molar-refractivity contribution in [1.29, 1.82) is 0 Å². The highest BCUT2D eigenvalue weighted by Crippen LogP contribution is 2.39. The summed E-state index contributed by atoms with van der Waals surface area (Å²) in [5.41, 5.74) is -0.163. The van der Waals surface area contributed by atoms with Crippen LogP contribution in [0.3, 0.4) is 0 Å². The molecule has 0 radical (unpaired) electrons. The molecule has 11 heteroatoms. The fourth-order valence-corrected chi connectivity index (χ4v) is 3.56. The Balaban J connectivity index is 1.55. The number of nitrogens with one attached hydrogen (secondary N) is 1. The first kappa shape index (κ1) is 18.5. The molecule has 11 nitrogen and oxygen atoms in total. The number of rotatable bonds is 3. The van der Waals surface area contributed by atoms with E-state index in [4.69, 9.17) is 9.47 Å². The van der Waals surface area contributed by atoms with Crippen LogP contribution in [0.1, 0.15) is 30.0 Å². The zero-order valence-corrected chi connectivity index (χ0v) is 14.8. The number of hydrogen-bond acceptors (Lipinski definition) is 8. The smallest absolute Gasteiger partial charge is 0.330 e. The Bertz CT molecular complexity index is 1020. The van der Waals surface area contributed by atoms with Gasteiger partial charge >= 0.3 is 5.69 Å². The Morgan fingerprint density at radius 2 is 2.00 bits per heavy atom. The average molecular weight is 390 g/mol. The topological polar surface area (TPSA) is 140 Å². The number of aromatic nitrogens is 2. The largest absolute Gasteiger partial charge is 0.354 e. The number of ether oxygens (including phenoxy) is 2. The molecule has 2 aliphatic heterocycles. The minimum Gasteiger partial charge on any atom is -0.354 e. The summed E-state index contributed by atoms with van der Waals surface area (Å²) in [5.74, 6) is 0. The molecule has 0 bridgehead atoms. The van der Waals surface area contributed by atoms with Gasteiger partial charge in [-0.05, 0) is 24.6 Å². The molecule has 2 N–H and O–H groups in total. The van der Waals surface area contributed by atoms with E-state index >= 15 is 0 Å². The summed E-state index contributed by atoms with van der Waals surface area (Å²) in [6.07, 6.45) is -0.201. The Labute approximate surface area is 157 Å². The summed E-state index contributed by atoms with van der Waals surface area (Å²) in [4.78, 5) is 36.2. The van der Waals surface area contributed by atoms with Crippen LogP contribution in [0, 0.1) is 17.0 Å². The lowest BCUT2D eigenvalue weighted by Gasteiger charge is -2.38. The van der Waals surface area contributed by atoms with E-state index in [0.717, 1.165) is 5.06 Å². The van der Waals surface area contributed by atoms with Crippen LogP contribution in [0.4, 0.5) is 5.69 Å². The van der Waals surface area contributed by atoms with E-state index < -0.39 is 40.8 Å². The number of fused-ring (bicyclic) bond motifs is 1. The molecule has 148 valence electrons. The van der Waals surface area contributed by atoms with Crippen molar-refractivity contribution in [1.82, 2.24) is 14.6 Å². The van der Waals surface area contributed by atoms with E-state index in [0.29, 0.717) is 17.5 Å². The zero-order chi connectivity index (χ0) is 20.0. The minimum atomic E-state index is -0.807. The van der Waals surface area contributed by atoms with Gasteiger partial charge in [0.1, 0.15) is 12.3 Å². The molecule has 0 aliphatic carbocycles. The predicted molar refractivity (Wildman–Crippen MR) is 93.8 cm³/mol. The molecule has 3 heterocycles. The third-order valence-corrected chi connectivity index (χ3v) is 5.05. The lowest BCUT2D eigenvalue weighted by molar-refractivity contribution is -0.384. The number of hydrogen-bond donors (Lipinski definition) is 2. The molecule has 0 amide bonds. The number of hydroxylamine groups is 2. The fourth-order valence-electron chi connectivity index (χ4n) is 3.56. The van der Waals surface area contributed by atoms with Gasteiger partial charge < -0.3 is 14.7 Å². The molecule has 4 rings (SSSR count). The Kier molecular flexibility index (Phi) is 4.59. The second-order valence-corrected chi connectivity index (χ2v) is 6.83. The number of nitro groups is 1. The lowest BCUT2D eigenvalue weighted by Crippen LogP contribution is -2.49. The van der Waals surface area contributed by atoms with E-state index in [2.05, 4.69) is 4.98 Å². The van der Waals surface area contributed by atoms with Crippen molar-refractivity contribution in [2.45, 2.75) is 37.9 Å². The van der Waals surface area contributed by atoms with Crippen LogP contribution in [0.5, 0.6) is 0 Å². The van der Waals surface area contributed by atoms with E-state index in [1.807, 2.05) is 0 Å². The molecule has 2 fully saturated rings. The summed E-state index contributed by atoms with van der Waals surface area (Å²) in [6, 6.07) is 5.29. The minimum absolute atomic E-state index is 0.0565. The Morgan fingerprint density at radius 1 is 1.29 bits per heavy atom. The molecular weight excluding hydrogens is 372 g/mol. The standard InChI is InChI=1S/C17H18N4O7/c1-9-7-19(17(23)18-15(9)22)14-6-12-13(28-14)8-27-16(20(12)24)10-2-4-11(5-3-10)21(25)26/h2-5,7,12-14,16,24H,6,8H2,1H3,(H,18,22,23)/t12-,13?,14?,16?/m1/s1. The van der Waals surface area contributed by atoms with Crippen molar-refractivity contribution in [3.05, 3.63) is 72.5 Å². The third-order valence-electron chi connectivity index (χ3n) is 5.05. The highest BCUT2D eigenvalue weighted by Gasteiger charge is 2.46. The van der Waals surface area contributed by atoms with Gasteiger partial charge in [-0.15, -0.1) is 0 Å². The molecule has 4 atom stereocenters. The van der Waals surface area contributed by atoms with Gasteiger partial charge in [-0.3, -0.25) is 24.5 Å². The van der Waals surface area contributed by atoms with Crippen molar-refractivity contribution in [2.24, 2.45) is 0 Å². The molecule has 2 aromatic rings. The molecule has 3 unspecified atom stereocenters. The number of non-ortho nitro benzene ring substituents is 1. The van der Waals surface area contributed by atoms with Gasteiger partial charge in [-0.1, -0.05) is 0 Å². The number of H-pyrrole nitrogens is 1. The maximum atomic E-state index is 12.1. The molecule has 1 aromatic heterocycles. The first-order valence-corrected chi connectivity index (χ1v) is 8.66. The number of aryl methyl sites for hydroxylation is 1. The number of nitro benzene ring substituents is 1. The van der Waals surface area contributed by atoms with Crippen LogP contribution >= 0.6 is 0 Å². The van der Waals surface area contributed by atoms with Gasteiger partial charge in [0.15, 0.2) is 6.23 Å². The number of aromatic amines is 1. The second kappa shape index (κ2) is 6.95. The van der Waals surface area contributed by atoms with Crippen molar-refractivity contribution < 1.29 is 19.6 Å². The summed E-state index contributed by atoms with van der Waals surface area (Å²) < 4.78 is 12.8. The van der Waals surface area contributed by atoms with Crippen molar-refractivity contribution >= 4 is 5.69 Å². The first-order valence-electron chi connectivity index (χ1n) is 8.66. The van der Waals surface area contributed by atoms with Gasteiger partial charge in [-0.25, -0.2) is 4.79 Å². The SMILES string of the molecule is Cc1cn(C2C[C@@H]3C(COC(c4ccc([N+](=O)[O-])cc4)N3O)O2)c(=O)[nH]c1=O. The van der Waals surface area contributed by atoms with Crippen molar-refractivity contribution in [2.75, 3.05) is 6.61 Å². The monoisotopic (exact) mass is 390 g/mol. The normalized spacial score (nSPS) is 27.5. The number of nitrogens with zero attached hydrogens (tertiary/aromatic N) is 3. The molecule has 0 spiro atoms. The fraction of sp³-hybridized carbons (Fsp3) is 0.412. The number of benzene rings is 1. The average Bonchev–Trinajstić information content (AvgIpc) is 3.10. The maximum absolute atomic E-state index is 12.1. The highest BCUT2D eigenvalue weighted by molar-refractivity contribution is 5.33. The van der Waals surface area contributed by atoms with Crippen LogP contribution in [0.2, 0.25) is 0 Å². The molecule has 28 heavy (non-hydrogen) atoms. The van der Waals surface area contributed by atoms with Gasteiger partial charge in [-0.2, -0.15) is 5.06 Å². The molecule has 2 saturated heterocycles. The van der Waals surface area contributed by atoms with Gasteiger partial charge in [0.25, 0.3) is 11.2 Å². The molecular formula is C17H18N4O7. The summed E-state index contributed by atoms with van der Waals surface area (Å²) in [7, 11) is 0. The summed E-state index contributed by atoms with van der Waals surface area (Å²) in [5, 5.41) is 22.5. The molecule has 0 saturated carbocycles. The van der Waals surface area contributed by atoms with Crippen LogP contribution in [0.15, 0.2) is 40.1 Å². The van der Waals surface area contributed by atoms with Crippen molar-refractivity contribution in [3.63, 3.8) is 0 Å². The Morgan fingerprint density at radius 3 is 2.68 bits per heavy atom. The summed E-state index contributed by atoms with van der Waals surface area (Å²) in [6.45, 7) is 1.76. The lowest BCUT2D eigenvalue weighted by atomic mass is 10.1. The van der Waals surface area contributed by atoms with Crippen LogP contribution in [-0.4, -0.2) is 43.5 Å². The second-order valence-electron chi connectivity index (χ2n) is 6.83. The Hall–Kier alpha value is -2.86. The molecule has 1 aromatic carbocycles. The summed E-state index contributed by atoms with van der Waals surface area (Å²) >= 11 is 0. The van der Waals surface area contributed by atoms with E-state index in [1.54, 1.807) is 6.92 Å². The van der Waals surface area contributed by atoms with E-state index in [-0.39, 0.29) is 12.3 Å². The maximum Gasteiger partial charge on any atom is 0.330 e. The van der Waals surface area contributed by atoms with Crippen LogP contribution in [0.25, 0.3) is 0 Å². The van der Waals surface area contributed by atoms with Gasteiger partial charge in [0.2, 0.25) is 0 Å². The zero-order valence-electron chi connectivity index (χ0n) is 14.8. The highest BCUT2D eigenvalue weighted by atomic mass is 16.6.